The monoisotopic (exact) mass is 932 g/mol. The number of fused-ring (bicyclic) bond motifs is 5. The molecular formula is C50H46F2N12O5. The average molecular weight is 933 g/mol. The number of rotatable bonds is 7. The lowest BCUT2D eigenvalue weighted by molar-refractivity contribution is -0.0592. The Bertz CT molecular complexity index is 3730. The molecule has 1 saturated heterocycles. The van der Waals surface area contributed by atoms with Crippen LogP contribution in [0.1, 0.15) is 97.5 Å². The quantitative estimate of drug-likeness (QED) is 0.165. The van der Waals surface area contributed by atoms with Crippen LogP contribution in [0.15, 0.2) is 93.5 Å². The highest BCUT2D eigenvalue weighted by molar-refractivity contribution is 6.11. The molecule has 1 amide bonds. The van der Waals surface area contributed by atoms with Gasteiger partial charge in [0.1, 0.15) is 28.4 Å². The largest absolute Gasteiger partial charge is 0.438 e. The van der Waals surface area contributed by atoms with Crippen molar-refractivity contribution in [2.75, 3.05) is 11.5 Å². The number of aromatic amines is 1. The van der Waals surface area contributed by atoms with Crippen LogP contribution in [0.3, 0.4) is 0 Å². The van der Waals surface area contributed by atoms with E-state index in [1.165, 1.54) is 44.7 Å². The number of ether oxygens (including phenoxy) is 1. The zero-order chi connectivity index (χ0) is 48.0. The average Bonchev–Trinajstić information content (AvgIpc) is 3.96. The number of carbonyl (C=O) groups is 1. The molecule has 3 aromatic carbocycles. The maximum Gasteiger partial charge on any atom is 0.438 e. The number of aromatic nitrogens is 11. The van der Waals surface area contributed by atoms with Crippen LogP contribution in [0, 0.1) is 31.4 Å². The van der Waals surface area contributed by atoms with Crippen molar-refractivity contribution in [3.8, 4) is 28.6 Å². The van der Waals surface area contributed by atoms with Gasteiger partial charge in [0.2, 0.25) is 0 Å². The molecule has 9 aromatic rings. The summed E-state index contributed by atoms with van der Waals surface area (Å²) in [5.74, 6) is -1.45. The predicted molar refractivity (Wildman–Crippen MR) is 250 cm³/mol. The number of anilines is 1. The predicted octanol–water partition coefficient (Wildman–Crippen LogP) is 7.86. The molecule has 4 atom stereocenters. The van der Waals surface area contributed by atoms with Crippen LogP contribution in [0.25, 0.3) is 50.4 Å². The lowest BCUT2D eigenvalue weighted by atomic mass is 9.83. The Balaban J connectivity index is 1.07. The fourth-order valence-corrected chi connectivity index (χ4v) is 11.1. The molecule has 1 N–H and O–H groups in total. The standard InChI is InChI=1S/C50H46F2N12O5/c1-25-18-32(19-26(2)40(25)51)64-44(61-16-15-60(48(61)67)36-11-10-35-33(41(36)52)24-54-59(35)7)39-28(4)62(37-12-14-53-56-42(37)43(39)57-64)45(65)38-21-31-20-29(30-13-17-68-49(5,6)23-30)8-9-34(31)63(38)50(22-27(50)3)46-55-47(66)69-58-46/h8-12,14-16,18-21,24,27-28,30H,13,17,22-23H2,1-7H3,(H,55,58,66)/t27-,28-,30-,50-/m0/s1. The summed E-state index contributed by atoms with van der Waals surface area (Å²) in [5.41, 5.74) is 3.44. The van der Waals surface area contributed by atoms with Crippen LogP contribution in [-0.4, -0.2) is 71.7 Å². The minimum absolute atomic E-state index is 0.00178. The summed E-state index contributed by atoms with van der Waals surface area (Å²) in [5, 5.41) is 23.4. The Kier molecular flexibility index (Phi) is 9.16. The Morgan fingerprint density at radius 3 is 2.38 bits per heavy atom. The second-order valence-electron chi connectivity index (χ2n) is 19.4. The number of nitrogens with one attached hydrogen (secondary N) is 1. The van der Waals surface area contributed by atoms with Crippen molar-refractivity contribution in [3.05, 3.63) is 146 Å². The van der Waals surface area contributed by atoms with Gasteiger partial charge in [-0.05, 0) is 131 Å². The van der Waals surface area contributed by atoms with Crippen molar-refractivity contribution >= 4 is 33.4 Å². The van der Waals surface area contributed by atoms with Crippen molar-refractivity contribution in [2.45, 2.75) is 83.9 Å². The number of hydrogen-bond donors (Lipinski definition) is 1. The molecule has 19 heteroatoms. The summed E-state index contributed by atoms with van der Waals surface area (Å²) in [6, 6.07) is 15.5. The van der Waals surface area contributed by atoms with Crippen LogP contribution in [0.2, 0.25) is 0 Å². The molecule has 17 nitrogen and oxygen atoms in total. The number of benzene rings is 3. The highest BCUT2D eigenvalue weighted by Gasteiger charge is 2.59. The molecule has 0 unspecified atom stereocenters. The van der Waals surface area contributed by atoms with E-state index in [4.69, 9.17) is 14.4 Å². The number of halogens is 2. The van der Waals surface area contributed by atoms with E-state index in [0.717, 1.165) is 29.3 Å². The molecule has 12 rings (SSSR count). The molecule has 0 radical (unpaired) electrons. The zero-order valence-corrected chi connectivity index (χ0v) is 38.8. The SMILES string of the molecule is Cc1cc(-n2nc3c(c2-n2ccn(-c4ccc5c(cnn5C)c4F)c2=O)[C@H](C)N(C(=O)c2cc4cc([C@H]5CCOC(C)(C)C5)ccc4n2[C@@]2(c4noc(=O)[nH]4)C[C@@H]2C)c2ccnnc2-3)cc(C)c1F. The number of imidazole rings is 1. The molecule has 2 aliphatic heterocycles. The molecule has 3 aliphatic rings. The fraction of sp³-hybridized carbons (Fsp3) is 0.320. The summed E-state index contributed by atoms with van der Waals surface area (Å²) in [6.07, 6.45) is 8.13. The van der Waals surface area contributed by atoms with Crippen molar-refractivity contribution in [2.24, 2.45) is 13.0 Å². The third-order valence-electron chi connectivity index (χ3n) is 14.6. The van der Waals surface area contributed by atoms with Crippen LogP contribution >= 0.6 is 0 Å². The molecular weight excluding hydrogens is 887 g/mol. The summed E-state index contributed by atoms with van der Waals surface area (Å²) in [4.78, 5) is 47.9. The lowest BCUT2D eigenvalue weighted by Gasteiger charge is -2.35. The lowest BCUT2D eigenvalue weighted by Crippen LogP contribution is -2.39. The van der Waals surface area contributed by atoms with E-state index in [9.17, 15) is 9.59 Å². The molecule has 0 bridgehead atoms. The van der Waals surface area contributed by atoms with Gasteiger partial charge in [0.05, 0.1) is 52.0 Å². The first kappa shape index (κ1) is 42.5. The van der Waals surface area contributed by atoms with E-state index in [-0.39, 0.29) is 45.8 Å². The second kappa shape index (κ2) is 14.8. The molecule has 69 heavy (non-hydrogen) atoms. The molecule has 1 aliphatic carbocycles. The number of hydrogen-bond acceptors (Lipinski definition) is 10. The normalized spacial score (nSPS) is 20.7. The zero-order valence-electron chi connectivity index (χ0n) is 38.8. The smallest absolute Gasteiger partial charge is 0.376 e. The minimum Gasteiger partial charge on any atom is -0.376 e. The summed E-state index contributed by atoms with van der Waals surface area (Å²) in [6.45, 7) is 12.0. The number of aryl methyl sites for hydroxylation is 3. The second-order valence-corrected chi connectivity index (χ2v) is 19.4. The van der Waals surface area contributed by atoms with Gasteiger partial charge in [0.25, 0.3) is 5.91 Å². The van der Waals surface area contributed by atoms with Gasteiger partial charge in [-0.3, -0.25) is 33.0 Å². The van der Waals surface area contributed by atoms with Gasteiger partial charge in [0.15, 0.2) is 17.5 Å². The Hall–Kier alpha value is -7.80. The number of H-pyrrole nitrogens is 1. The molecule has 8 heterocycles. The van der Waals surface area contributed by atoms with Gasteiger partial charge in [-0.25, -0.2) is 23.1 Å². The Morgan fingerprint density at radius 2 is 1.65 bits per heavy atom. The van der Waals surface area contributed by atoms with Crippen LogP contribution in [0.5, 0.6) is 0 Å². The summed E-state index contributed by atoms with van der Waals surface area (Å²) < 4.78 is 50.4. The summed E-state index contributed by atoms with van der Waals surface area (Å²) >= 11 is 0. The number of carbonyl (C=O) groups excluding carboxylic acids is 1. The molecule has 1 saturated carbocycles. The van der Waals surface area contributed by atoms with Crippen LogP contribution in [-0.2, 0) is 17.3 Å². The van der Waals surface area contributed by atoms with Crippen molar-refractivity contribution < 1.29 is 22.8 Å². The van der Waals surface area contributed by atoms with E-state index in [0.29, 0.717) is 63.8 Å². The van der Waals surface area contributed by atoms with Gasteiger partial charge in [-0.1, -0.05) is 18.1 Å². The Labute approximate surface area is 391 Å². The third-order valence-corrected chi connectivity index (χ3v) is 14.6. The van der Waals surface area contributed by atoms with Gasteiger partial charge in [-0.15, -0.1) is 5.10 Å². The third kappa shape index (κ3) is 6.21. The highest BCUT2D eigenvalue weighted by Crippen LogP contribution is 2.56. The molecule has 350 valence electrons. The van der Waals surface area contributed by atoms with Crippen LogP contribution < -0.4 is 16.3 Å². The first-order valence-electron chi connectivity index (χ1n) is 22.9. The maximum atomic E-state index is 16.3. The minimum atomic E-state index is -0.941. The van der Waals surface area contributed by atoms with Gasteiger partial charge >= 0.3 is 11.4 Å². The Morgan fingerprint density at radius 1 is 0.899 bits per heavy atom. The van der Waals surface area contributed by atoms with E-state index >= 15 is 13.6 Å². The van der Waals surface area contributed by atoms with E-state index in [1.54, 1.807) is 54.7 Å². The van der Waals surface area contributed by atoms with Crippen LogP contribution in [0.4, 0.5) is 14.5 Å². The fourth-order valence-electron chi connectivity index (χ4n) is 11.1. The molecule has 6 aromatic heterocycles. The molecule has 0 spiro atoms. The van der Waals surface area contributed by atoms with E-state index in [2.05, 4.69) is 51.4 Å². The maximum absolute atomic E-state index is 16.3. The van der Waals surface area contributed by atoms with Crippen molar-refractivity contribution in [1.29, 1.82) is 0 Å². The topological polar surface area (TPSA) is 182 Å². The van der Waals surface area contributed by atoms with Gasteiger partial charge in [-0.2, -0.15) is 15.3 Å². The molecule has 2 fully saturated rings. The first-order chi connectivity index (χ1) is 33.1. The number of amides is 1. The number of nitrogens with zero attached hydrogens (tertiary/aromatic N) is 11. The highest BCUT2D eigenvalue weighted by atomic mass is 19.1. The van der Waals surface area contributed by atoms with Gasteiger partial charge in [0, 0.05) is 42.5 Å². The van der Waals surface area contributed by atoms with Gasteiger partial charge < -0.3 is 9.30 Å². The first-order valence-corrected chi connectivity index (χ1v) is 22.9. The van der Waals surface area contributed by atoms with Crippen molar-refractivity contribution in [3.63, 3.8) is 0 Å². The van der Waals surface area contributed by atoms with E-state index in [1.807, 2.05) is 30.5 Å². The van der Waals surface area contributed by atoms with E-state index < -0.39 is 34.8 Å². The summed E-state index contributed by atoms with van der Waals surface area (Å²) in [7, 11) is 1.71. The van der Waals surface area contributed by atoms with Crippen molar-refractivity contribution in [1.82, 2.24) is 53.6 Å².